The van der Waals surface area contributed by atoms with Crippen molar-refractivity contribution in [1.82, 2.24) is 4.57 Å². The highest BCUT2D eigenvalue weighted by atomic mass is 79.9. The Balaban J connectivity index is 1.88. The lowest BCUT2D eigenvalue weighted by molar-refractivity contribution is -0.139. The molecule has 33 heavy (non-hydrogen) atoms. The van der Waals surface area contributed by atoms with E-state index in [0.717, 1.165) is 21.3 Å². The minimum atomic E-state index is -0.615. The van der Waals surface area contributed by atoms with E-state index in [-0.39, 0.29) is 12.2 Å². The topological polar surface area (TPSA) is 69.9 Å². The number of thiazole rings is 1. The first-order chi connectivity index (χ1) is 15.9. The number of aromatic nitrogens is 1. The molecule has 3 aromatic rings. The smallest absolute Gasteiger partial charge is 0.338 e. The van der Waals surface area contributed by atoms with Crippen LogP contribution in [0, 0.1) is 0 Å². The van der Waals surface area contributed by atoms with Crippen molar-refractivity contribution >= 4 is 39.3 Å². The number of carbonyl (C=O) groups excluding carboxylic acids is 1. The van der Waals surface area contributed by atoms with Crippen molar-refractivity contribution in [3.63, 3.8) is 0 Å². The Bertz CT molecular complexity index is 1390. The van der Waals surface area contributed by atoms with Crippen molar-refractivity contribution in [2.75, 3.05) is 13.2 Å². The van der Waals surface area contributed by atoms with E-state index in [1.807, 2.05) is 61.5 Å². The molecule has 2 aromatic carbocycles. The number of benzene rings is 2. The second-order valence-corrected chi connectivity index (χ2v) is 9.28. The number of allylic oxidation sites excluding steroid dienone is 1. The predicted octanol–water partition coefficient (Wildman–Crippen LogP) is 3.96. The van der Waals surface area contributed by atoms with Crippen LogP contribution in [0.2, 0.25) is 0 Å². The molecule has 0 N–H and O–H groups in total. The maximum absolute atomic E-state index is 13.5. The van der Waals surface area contributed by atoms with Crippen LogP contribution in [0.25, 0.3) is 6.08 Å². The Kier molecular flexibility index (Phi) is 6.95. The van der Waals surface area contributed by atoms with Crippen molar-refractivity contribution in [2.24, 2.45) is 4.99 Å². The van der Waals surface area contributed by atoms with Gasteiger partial charge >= 0.3 is 5.97 Å². The molecule has 170 valence electrons. The Labute approximate surface area is 203 Å². The second-order valence-electron chi connectivity index (χ2n) is 7.36. The van der Waals surface area contributed by atoms with Crippen LogP contribution in [0.1, 0.15) is 37.9 Å². The van der Waals surface area contributed by atoms with Crippen LogP contribution in [0.15, 0.2) is 74.1 Å². The van der Waals surface area contributed by atoms with Gasteiger partial charge in [0.25, 0.3) is 5.56 Å². The molecule has 0 radical (unpaired) electrons. The number of fused-ring (bicyclic) bond motifs is 1. The second kappa shape index (κ2) is 9.89. The highest BCUT2D eigenvalue weighted by Gasteiger charge is 2.33. The third-order valence-electron chi connectivity index (χ3n) is 5.19. The molecule has 0 unspecified atom stereocenters. The van der Waals surface area contributed by atoms with E-state index >= 15 is 0 Å². The summed E-state index contributed by atoms with van der Waals surface area (Å²) in [5.74, 6) is 0.313. The lowest BCUT2D eigenvalue weighted by atomic mass is 9.96. The first-order valence-corrected chi connectivity index (χ1v) is 12.2. The van der Waals surface area contributed by atoms with Gasteiger partial charge < -0.3 is 9.47 Å². The molecule has 4 rings (SSSR count). The molecule has 1 aliphatic rings. The number of ether oxygens (including phenoxy) is 2. The Hall–Kier alpha value is -2.97. The van der Waals surface area contributed by atoms with Crippen molar-refractivity contribution in [2.45, 2.75) is 26.8 Å². The molecule has 0 saturated carbocycles. The third-order valence-corrected chi connectivity index (χ3v) is 6.70. The molecule has 1 aliphatic heterocycles. The molecule has 1 atom stereocenters. The average molecular weight is 527 g/mol. The maximum atomic E-state index is 13.5. The van der Waals surface area contributed by atoms with Crippen molar-refractivity contribution in [3.8, 4) is 5.75 Å². The summed E-state index contributed by atoms with van der Waals surface area (Å²) in [6.45, 7) is 6.31. The summed E-state index contributed by atoms with van der Waals surface area (Å²) in [6.07, 6.45) is 1.83. The summed E-state index contributed by atoms with van der Waals surface area (Å²) in [7, 11) is 0. The van der Waals surface area contributed by atoms with E-state index < -0.39 is 12.0 Å². The number of hydrogen-bond donors (Lipinski definition) is 0. The van der Waals surface area contributed by atoms with E-state index in [1.54, 1.807) is 18.4 Å². The quantitative estimate of drug-likeness (QED) is 0.456. The Morgan fingerprint density at radius 3 is 2.45 bits per heavy atom. The van der Waals surface area contributed by atoms with Crippen molar-refractivity contribution in [1.29, 1.82) is 0 Å². The lowest BCUT2D eigenvalue weighted by Gasteiger charge is -2.24. The highest BCUT2D eigenvalue weighted by Crippen LogP contribution is 2.31. The molecule has 0 fully saturated rings. The summed E-state index contributed by atoms with van der Waals surface area (Å²) in [6, 6.07) is 14.5. The zero-order chi connectivity index (χ0) is 23.5. The highest BCUT2D eigenvalue weighted by molar-refractivity contribution is 9.10. The standard InChI is InChI=1S/C25H23BrN2O4S/c1-4-31-19-12-6-16(7-13-19)14-20-23(29)28-22(17-8-10-18(26)11-9-17)21(24(30)32-5-2)15(3)27-25(28)33-20/h6-14,22H,4-5H2,1-3H3/b20-14-/t22-/m0/s1. The summed E-state index contributed by atoms with van der Waals surface area (Å²) >= 11 is 4.75. The van der Waals surface area contributed by atoms with Gasteiger partial charge in [0, 0.05) is 4.47 Å². The van der Waals surface area contributed by atoms with Gasteiger partial charge in [0.1, 0.15) is 5.75 Å². The average Bonchev–Trinajstić information content (AvgIpc) is 3.09. The normalized spacial score (nSPS) is 15.8. The molecule has 1 aromatic heterocycles. The zero-order valence-corrected chi connectivity index (χ0v) is 20.9. The van der Waals surface area contributed by atoms with Crippen LogP contribution in [-0.4, -0.2) is 23.8 Å². The number of carbonyl (C=O) groups is 1. The van der Waals surface area contributed by atoms with Gasteiger partial charge in [0.05, 0.1) is 35.1 Å². The van der Waals surface area contributed by atoms with Gasteiger partial charge in [-0.15, -0.1) is 0 Å². The molecule has 0 spiro atoms. The minimum absolute atomic E-state index is 0.199. The monoisotopic (exact) mass is 526 g/mol. The van der Waals surface area contributed by atoms with E-state index in [9.17, 15) is 9.59 Å². The summed E-state index contributed by atoms with van der Waals surface area (Å²) in [5.41, 5.74) is 2.42. The predicted molar refractivity (Wildman–Crippen MR) is 132 cm³/mol. The van der Waals surface area contributed by atoms with E-state index in [2.05, 4.69) is 20.9 Å². The molecular weight excluding hydrogens is 504 g/mol. The summed E-state index contributed by atoms with van der Waals surface area (Å²) in [5, 5.41) is 0. The molecule has 0 amide bonds. The Morgan fingerprint density at radius 2 is 1.82 bits per heavy atom. The van der Waals surface area contributed by atoms with E-state index in [0.29, 0.717) is 27.2 Å². The number of hydrogen-bond acceptors (Lipinski definition) is 6. The number of esters is 1. The van der Waals surface area contributed by atoms with Crippen LogP contribution >= 0.6 is 27.3 Å². The van der Waals surface area contributed by atoms with Crippen molar-refractivity contribution in [3.05, 3.63) is 95.1 Å². The molecule has 6 nitrogen and oxygen atoms in total. The van der Waals surface area contributed by atoms with Gasteiger partial charge in [0.2, 0.25) is 0 Å². The first-order valence-electron chi connectivity index (χ1n) is 10.6. The first kappa shape index (κ1) is 23.2. The molecule has 2 heterocycles. The molecular formula is C25H23BrN2O4S. The van der Waals surface area contributed by atoms with Crippen LogP contribution in [0.5, 0.6) is 5.75 Å². The molecule has 0 aliphatic carbocycles. The van der Waals surface area contributed by atoms with Gasteiger partial charge in [-0.05, 0) is 62.2 Å². The third kappa shape index (κ3) is 4.72. The number of halogens is 1. The van der Waals surface area contributed by atoms with E-state index in [1.165, 1.54) is 11.3 Å². The van der Waals surface area contributed by atoms with Crippen LogP contribution < -0.4 is 19.6 Å². The fourth-order valence-electron chi connectivity index (χ4n) is 3.73. The van der Waals surface area contributed by atoms with Crippen LogP contribution in [0.4, 0.5) is 0 Å². The van der Waals surface area contributed by atoms with Crippen LogP contribution in [-0.2, 0) is 9.53 Å². The van der Waals surface area contributed by atoms with Gasteiger partial charge in [-0.3, -0.25) is 9.36 Å². The SMILES string of the molecule is CCOC(=O)C1=C(C)N=c2s/c(=C\c3ccc(OCC)cc3)c(=O)n2[C@H]1c1ccc(Br)cc1. The summed E-state index contributed by atoms with van der Waals surface area (Å²) < 4.78 is 13.9. The lowest BCUT2D eigenvalue weighted by Crippen LogP contribution is -2.39. The minimum Gasteiger partial charge on any atom is -0.494 e. The van der Waals surface area contributed by atoms with Crippen molar-refractivity contribution < 1.29 is 14.3 Å². The van der Waals surface area contributed by atoms with Gasteiger partial charge in [-0.2, -0.15) is 0 Å². The maximum Gasteiger partial charge on any atom is 0.338 e. The molecule has 8 heteroatoms. The summed E-state index contributed by atoms with van der Waals surface area (Å²) in [4.78, 5) is 31.6. The number of nitrogens with zero attached hydrogens (tertiary/aromatic N) is 2. The Morgan fingerprint density at radius 1 is 1.12 bits per heavy atom. The molecule has 0 saturated heterocycles. The zero-order valence-electron chi connectivity index (χ0n) is 18.5. The fourth-order valence-corrected chi connectivity index (χ4v) is 5.04. The fraction of sp³-hybridized carbons (Fsp3) is 0.240. The molecule has 0 bridgehead atoms. The van der Waals surface area contributed by atoms with Gasteiger partial charge in [0.15, 0.2) is 4.80 Å². The van der Waals surface area contributed by atoms with Gasteiger partial charge in [-0.25, -0.2) is 9.79 Å². The largest absolute Gasteiger partial charge is 0.494 e. The van der Waals surface area contributed by atoms with E-state index in [4.69, 9.17) is 9.47 Å². The number of rotatable bonds is 6. The van der Waals surface area contributed by atoms with Crippen LogP contribution in [0.3, 0.4) is 0 Å². The van der Waals surface area contributed by atoms with Gasteiger partial charge in [-0.1, -0.05) is 51.5 Å².